The molecular weight excluding hydrogens is 212 g/mol. The van der Waals surface area contributed by atoms with Crippen LogP contribution in [0, 0.1) is 0 Å². The Labute approximate surface area is 92.6 Å². The van der Waals surface area contributed by atoms with Crippen LogP contribution >= 0.6 is 11.3 Å². The van der Waals surface area contributed by atoms with Gasteiger partial charge in [0.15, 0.2) is 5.13 Å². The maximum absolute atomic E-state index is 11.0. The lowest BCUT2D eigenvalue weighted by Gasteiger charge is -2.11. The Bertz CT molecular complexity index is 385. The summed E-state index contributed by atoms with van der Waals surface area (Å²) < 4.78 is 0. The average molecular weight is 226 g/mol. The van der Waals surface area contributed by atoms with E-state index in [0.29, 0.717) is 10.8 Å². The first-order valence-electron chi connectivity index (χ1n) is 5.08. The third-order valence-electron chi connectivity index (χ3n) is 2.60. The zero-order chi connectivity index (χ0) is 11.0. The van der Waals surface area contributed by atoms with Crippen LogP contribution in [0.5, 0.6) is 0 Å². The molecule has 0 aliphatic heterocycles. The summed E-state index contributed by atoms with van der Waals surface area (Å²) in [7, 11) is 1.93. The van der Waals surface area contributed by atoms with E-state index in [1.54, 1.807) is 0 Å². The summed E-state index contributed by atoms with van der Waals surface area (Å²) in [5, 5.41) is 9.88. The number of carbonyl (C=O) groups is 1. The lowest BCUT2D eigenvalue weighted by molar-refractivity contribution is 0.0700. The second-order valence-electron chi connectivity index (χ2n) is 3.80. The van der Waals surface area contributed by atoms with E-state index in [-0.39, 0.29) is 0 Å². The molecule has 5 heteroatoms. The number of aromatic carboxylic acids is 1. The number of thiazole rings is 1. The van der Waals surface area contributed by atoms with Crippen LogP contribution < -0.4 is 4.90 Å². The van der Waals surface area contributed by atoms with Gasteiger partial charge in [0, 0.05) is 19.5 Å². The van der Waals surface area contributed by atoms with Gasteiger partial charge in [-0.25, -0.2) is 9.78 Å². The van der Waals surface area contributed by atoms with E-state index >= 15 is 0 Å². The third-order valence-corrected chi connectivity index (χ3v) is 3.77. The van der Waals surface area contributed by atoms with Gasteiger partial charge < -0.3 is 10.0 Å². The number of anilines is 1. The molecule has 1 aliphatic carbocycles. The van der Waals surface area contributed by atoms with Gasteiger partial charge >= 0.3 is 5.97 Å². The molecule has 2 rings (SSSR count). The fourth-order valence-electron chi connectivity index (χ4n) is 1.41. The molecule has 1 heterocycles. The fourth-order valence-corrected chi connectivity index (χ4v) is 2.42. The van der Waals surface area contributed by atoms with E-state index < -0.39 is 5.97 Å². The Morgan fingerprint density at radius 3 is 2.80 bits per heavy atom. The number of hydrogen-bond acceptors (Lipinski definition) is 4. The molecular formula is C10H14N2O2S. The van der Waals surface area contributed by atoms with Crippen molar-refractivity contribution in [2.75, 3.05) is 18.5 Å². The number of hydrogen-bond donors (Lipinski definition) is 1. The smallest absolute Gasteiger partial charge is 0.347 e. The molecule has 0 radical (unpaired) electrons. The molecule has 0 atom stereocenters. The Kier molecular flexibility index (Phi) is 2.65. The van der Waals surface area contributed by atoms with Crippen LogP contribution in [0.2, 0.25) is 0 Å². The van der Waals surface area contributed by atoms with Crippen LogP contribution in [0.25, 0.3) is 0 Å². The number of aromatic nitrogens is 1. The van der Waals surface area contributed by atoms with Crippen molar-refractivity contribution in [2.24, 2.45) is 0 Å². The Balaban J connectivity index is 2.35. The normalized spacial score (nSPS) is 15.3. The maximum Gasteiger partial charge on any atom is 0.347 e. The molecule has 1 saturated carbocycles. The zero-order valence-electron chi connectivity index (χ0n) is 8.86. The van der Waals surface area contributed by atoms with Crippen molar-refractivity contribution in [1.82, 2.24) is 4.98 Å². The van der Waals surface area contributed by atoms with Gasteiger partial charge in [0.1, 0.15) is 4.88 Å². The maximum atomic E-state index is 11.0. The first-order chi connectivity index (χ1) is 7.13. The van der Waals surface area contributed by atoms with Gasteiger partial charge in [-0.1, -0.05) is 11.3 Å². The molecule has 1 aromatic heterocycles. The number of carboxylic acids is 1. The number of carboxylic acid groups (broad SMARTS) is 1. The van der Waals surface area contributed by atoms with E-state index in [0.717, 1.165) is 30.2 Å². The van der Waals surface area contributed by atoms with Crippen LogP contribution in [-0.2, 0) is 0 Å². The molecule has 0 spiro atoms. The van der Waals surface area contributed by atoms with E-state index in [9.17, 15) is 4.79 Å². The fraction of sp³-hybridized carbons (Fsp3) is 0.600. The molecule has 0 unspecified atom stereocenters. The standard InChI is InChI=1S/C10H14N2O2S/c1-3-12(2)10-11-7(6-4-5-6)8(15-10)9(13)14/h6H,3-5H2,1-2H3,(H,13,14). The molecule has 4 nitrogen and oxygen atoms in total. The molecule has 1 aromatic rings. The van der Waals surface area contributed by atoms with Gasteiger partial charge in [0.25, 0.3) is 0 Å². The highest BCUT2D eigenvalue weighted by atomic mass is 32.1. The highest BCUT2D eigenvalue weighted by Gasteiger charge is 2.32. The van der Waals surface area contributed by atoms with E-state index in [2.05, 4.69) is 4.98 Å². The summed E-state index contributed by atoms with van der Waals surface area (Å²) in [6, 6.07) is 0. The largest absolute Gasteiger partial charge is 0.477 e. The Hall–Kier alpha value is -1.10. The molecule has 0 amide bonds. The summed E-state index contributed by atoms with van der Waals surface area (Å²) >= 11 is 1.28. The highest BCUT2D eigenvalue weighted by molar-refractivity contribution is 7.17. The first kappa shape index (κ1) is 10.4. The van der Waals surface area contributed by atoms with Crippen molar-refractivity contribution in [3.63, 3.8) is 0 Å². The van der Waals surface area contributed by atoms with Crippen molar-refractivity contribution in [3.8, 4) is 0 Å². The van der Waals surface area contributed by atoms with E-state index in [1.807, 2.05) is 18.9 Å². The quantitative estimate of drug-likeness (QED) is 0.855. The van der Waals surface area contributed by atoms with Crippen LogP contribution in [-0.4, -0.2) is 29.7 Å². The Morgan fingerprint density at radius 2 is 2.33 bits per heavy atom. The SMILES string of the molecule is CCN(C)c1nc(C2CC2)c(C(=O)O)s1. The number of rotatable bonds is 4. The lowest BCUT2D eigenvalue weighted by atomic mass is 10.2. The second kappa shape index (κ2) is 3.81. The minimum atomic E-state index is -0.842. The predicted molar refractivity (Wildman–Crippen MR) is 60.0 cm³/mol. The van der Waals surface area contributed by atoms with Crippen molar-refractivity contribution in [3.05, 3.63) is 10.6 Å². The van der Waals surface area contributed by atoms with Crippen LogP contribution in [0.1, 0.15) is 41.0 Å². The Morgan fingerprint density at radius 1 is 1.67 bits per heavy atom. The average Bonchev–Trinajstić information content (AvgIpc) is 2.96. The van der Waals surface area contributed by atoms with E-state index in [1.165, 1.54) is 11.3 Å². The van der Waals surface area contributed by atoms with Gasteiger partial charge in [-0.2, -0.15) is 0 Å². The van der Waals surface area contributed by atoms with Crippen LogP contribution in [0.15, 0.2) is 0 Å². The predicted octanol–water partition coefficient (Wildman–Crippen LogP) is 2.17. The van der Waals surface area contributed by atoms with Crippen molar-refractivity contribution >= 4 is 22.4 Å². The van der Waals surface area contributed by atoms with Crippen molar-refractivity contribution < 1.29 is 9.90 Å². The summed E-state index contributed by atoms with van der Waals surface area (Å²) in [6.07, 6.45) is 2.17. The lowest BCUT2D eigenvalue weighted by Crippen LogP contribution is -2.15. The summed E-state index contributed by atoms with van der Waals surface area (Å²) in [6.45, 7) is 2.87. The third kappa shape index (κ3) is 1.97. The molecule has 0 aromatic carbocycles. The highest BCUT2D eigenvalue weighted by Crippen LogP contribution is 2.43. The minimum absolute atomic E-state index is 0.395. The van der Waals surface area contributed by atoms with Crippen molar-refractivity contribution in [1.29, 1.82) is 0 Å². The topological polar surface area (TPSA) is 53.4 Å². The summed E-state index contributed by atoms with van der Waals surface area (Å²) in [4.78, 5) is 17.9. The van der Waals surface area contributed by atoms with Crippen molar-refractivity contribution in [2.45, 2.75) is 25.7 Å². The minimum Gasteiger partial charge on any atom is -0.477 e. The van der Waals surface area contributed by atoms with Gasteiger partial charge in [-0.15, -0.1) is 0 Å². The summed E-state index contributed by atoms with van der Waals surface area (Å²) in [5.74, 6) is -0.448. The molecule has 15 heavy (non-hydrogen) atoms. The second-order valence-corrected chi connectivity index (χ2v) is 4.78. The molecule has 0 bridgehead atoms. The molecule has 1 fully saturated rings. The first-order valence-corrected chi connectivity index (χ1v) is 5.90. The van der Waals surface area contributed by atoms with Crippen LogP contribution in [0.3, 0.4) is 0 Å². The van der Waals surface area contributed by atoms with Gasteiger partial charge in [-0.05, 0) is 19.8 Å². The zero-order valence-corrected chi connectivity index (χ0v) is 9.67. The van der Waals surface area contributed by atoms with Gasteiger partial charge in [-0.3, -0.25) is 0 Å². The number of nitrogens with zero attached hydrogens (tertiary/aromatic N) is 2. The molecule has 0 saturated heterocycles. The van der Waals surface area contributed by atoms with E-state index in [4.69, 9.17) is 5.11 Å². The van der Waals surface area contributed by atoms with Gasteiger partial charge in [0.2, 0.25) is 0 Å². The monoisotopic (exact) mass is 226 g/mol. The molecule has 1 N–H and O–H groups in total. The summed E-state index contributed by atoms with van der Waals surface area (Å²) in [5.41, 5.74) is 0.794. The van der Waals surface area contributed by atoms with Crippen LogP contribution in [0.4, 0.5) is 5.13 Å². The molecule has 82 valence electrons. The van der Waals surface area contributed by atoms with Gasteiger partial charge in [0.05, 0.1) is 5.69 Å². The molecule has 1 aliphatic rings.